The van der Waals surface area contributed by atoms with Gasteiger partial charge in [-0.3, -0.25) is 4.55 Å². The van der Waals surface area contributed by atoms with Crippen LogP contribution in [0.25, 0.3) is 0 Å². The van der Waals surface area contributed by atoms with Crippen molar-refractivity contribution in [2.75, 3.05) is 0 Å². The number of rotatable bonds is 3. The number of hydrogen-bond donors (Lipinski definition) is 1. The zero-order valence-electron chi connectivity index (χ0n) is 7.78. The smallest absolute Gasteiger partial charge is 0.281 e. The SMILES string of the molecule is O=S(=O)(O)C(F)(F)C(F)(F)C(F)(F)C(F)(F)F.[Hg]. The van der Waals surface area contributed by atoms with Crippen LogP contribution in [0.4, 0.5) is 39.5 Å². The Kier molecular flexibility index (Phi) is 5.66. The minimum absolute atomic E-state index is 0. The van der Waals surface area contributed by atoms with Gasteiger partial charge in [0.1, 0.15) is 0 Å². The fourth-order valence-electron chi connectivity index (χ4n) is 0.523. The van der Waals surface area contributed by atoms with E-state index in [0.717, 1.165) is 0 Å². The molecular weight excluding hydrogens is 500 g/mol. The fraction of sp³-hybridized carbons (Fsp3) is 1.00. The van der Waals surface area contributed by atoms with Gasteiger partial charge in [0.2, 0.25) is 0 Å². The molecule has 0 atom stereocenters. The van der Waals surface area contributed by atoms with Gasteiger partial charge in [-0.1, -0.05) is 0 Å². The average molecular weight is 501 g/mol. The van der Waals surface area contributed by atoms with Crippen LogP contribution in [0.1, 0.15) is 0 Å². The van der Waals surface area contributed by atoms with Crippen molar-refractivity contribution in [3.8, 4) is 0 Å². The fourth-order valence-corrected chi connectivity index (χ4v) is 0.975. The van der Waals surface area contributed by atoms with Crippen LogP contribution in [0, 0.1) is 0 Å². The van der Waals surface area contributed by atoms with E-state index >= 15 is 0 Å². The summed E-state index contributed by atoms with van der Waals surface area (Å²) in [4.78, 5) is 0. The number of alkyl halides is 9. The summed E-state index contributed by atoms with van der Waals surface area (Å²) in [5, 5.41) is -7.00. The Morgan fingerprint density at radius 2 is 1.00 bits per heavy atom. The predicted octanol–water partition coefficient (Wildman–Crippen LogP) is 2.30. The molecule has 1 N–H and O–H groups in total. The Bertz CT molecular complexity index is 399. The Morgan fingerprint density at radius 3 is 1.17 bits per heavy atom. The third-order valence-corrected chi connectivity index (χ3v) is 2.34. The van der Waals surface area contributed by atoms with Crippen LogP contribution in [0.2, 0.25) is 0 Å². The standard InChI is InChI=1S/C4HF9O3S.Hg/c5-1(6,3(9,10)11)2(7,8)4(12,13)17(14,15)16;/h(H,14,15,16);. The van der Waals surface area contributed by atoms with E-state index < -0.39 is 33.4 Å². The first-order valence-electron chi connectivity index (χ1n) is 3.17. The van der Waals surface area contributed by atoms with Crippen molar-refractivity contribution < 1.29 is 80.2 Å². The Morgan fingerprint density at radius 1 is 0.722 bits per heavy atom. The maximum atomic E-state index is 12.2. The molecule has 0 heterocycles. The Hall–Kier alpha value is 0.215. The van der Waals surface area contributed by atoms with E-state index in [4.69, 9.17) is 4.55 Å². The van der Waals surface area contributed by atoms with E-state index in [1.54, 1.807) is 0 Å². The predicted molar refractivity (Wildman–Crippen MR) is 32.4 cm³/mol. The van der Waals surface area contributed by atoms with Crippen molar-refractivity contribution in [3.63, 3.8) is 0 Å². The van der Waals surface area contributed by atoms with Crippen LogP contribution in [0.5, 0.6) is 0 Å². The largest absolute Gasteiger partial charge is 0.460 e. The van der Waals surface area contributed by atoms with Crippen molar-refractivity contribution in [1.29, 1.82) is 0 Å². The molecule has 0 radical (unpaired) electrons. The zero-order valence-corrected chi connectivity index (χ0v) is 14.1. The summed E-state index contributed by atoms with van der Waals surface area (Å²) in [5.41, 5.74) is 0. The maximum Gasteiger partial charge on any atom is 0.460 e. The molecule has 14 heteroatoms. The molecule has 0 unspecified atom stereocenters. The van der Waals surface area contributed by atoms with Gasteiger partial charge in [-0.05, 0) is 0 Å². The third-order valence-electron chi connectivity index (χ3n) is 1.44. The summed E-state index contributed by atoms with van der Waals surface area (Å²) in [6, 6.07) is 0. The third kappa shape index (κ3) is 2.86. The molecule has 0 aromatic heterocycles. The molecule has 0 aliphatic rings. The summed E-state index contributed by atoms with van der Waals surface area (Å²) in [5.74, 6) is -14.7. The van der Waals surface area contributed by atoms with Gasteiger partial charge in [-0.2, -0.15) is 47.9 Å². The molecule has 0 aromatic carbocycles. The van der Waals surface area contributed by atoms with Crippen molar-refractivity contribution in [2.45, 2.75) is 23.3 Å². The van der Waals surface area contributed by atoms with Gasteiger partial charge in [0.25, 0.3) is 0 Å². The van der Waals surface area contributed by atoms with Crippen molar-refractivity contribution >= 4 is 10.1 Å². The number of halogens is 9. The summed E-state index contributed by atoms with van der Waals surface area (Å²) in [6.45, 7) is 0. The van der Waals surface area contributed by atoms with Gasteiger partial charge < -0.3 is 0 Å². The molecule has 0 bridgehead atoms. The van der Waals surface area contributed by atoms with E-state index in [1.165, 1.54) is 0 Å². The van der Waals surface area contributed by atoms with Crippen LogP contribution in [0.3, 0.4) is 0 Å². The monoisotopic (exact) mass is 502 g/mol. The quantitative estimate of drug-likeness (QED) is 0.368. The minimum Gasteiger partial charge on any atom is -0.281 e. The second-order valence-corrected chi connectivity index (χ2v) is 4.10. The molecule has 0 rings (SSSR count). The molecule has 0 fully saturated rings. The molecule has 3 nitrogen and oxygen atoms in total. The van der Waals surface area contributed by atoms with Crippen molar-refractivity contribution in [3.05, 3.63) is 0 Å². The van der Waals surface area contributed by atoms with Crippen molar-refractivity contribution in [1.82, 2.24) is 0 Å². The van der Waals surface area contributed by atoms with Gasteiger partial charge in [0.15, 0.2) is 0 Å². The van der Waals surface area contributed by atoms with Crippen LogP contribution in [-0.2, 0) is 37.8 Å². The van der Waals surface area contributed by atoms with E-state index in [1.807, 2.05) is 0 Å². The molecule has 106 valence electrons. The molecule has 18 heavy (non-hydrogen) atoms. The molecule has 0 aliphatic heterocycles. The molecule has 0 aromatic rings. The van der Waals surface area contributed by atoms with Crippen LogP contribution in [-0.4, -0.2) is 36.2 Å². The van der Waals surface area contributed by atoms with Crippen LogP contribution in [0.15, 0.2) is 0 Å². The van der Waals surface area contributed by atoms with Gasteiger partial charge in [0.05, 0.1) is 0 Å². The molecule has 0 saturated heterocycles. The first kappa shape index (κ1) is 20.5. The van der Waals surface area contributed by atoms with E-state index in [9.17, 15) is 47.9 Å². The van der Waals surface area contributed by atoms with Crippen molar-refractivity contribution in [2.24, 2.45) is 0 Å². The summed E-state index contributed by atoms with van der Waals surface area (Å²) in [7, 11) is -7.17. The molecule has 0 spiro atoms. The van der Waals surface area contributed by atoms with E-state index in [0.29, 0.717) is 0 Å². The summed E-state index contributed by atoms with van der Waals surface area (Å²) >= 11 is 0. The second kappa shape index (κ2) is 4.96. The van der Waals surface area contributed by atoms with Crippen LogP contribution < -0.4 is 0 Å². The van der Waals surface area contributed by atoms with Gasteiger partial charge in [0, 0.05) is 27.7 Å². The summed E-state index contributed by atoms with van der Waals surface area (Å²) in [6.07, 6.45) is -7.13. The number of hydrogen-bond acceptors (Lipinski definition) is 2. The second-order valence-electron chi connectivity index (χ2n) is 2.64. The Balaban J connectivity index is 0. The minimum atomic E-state index is -7.37. The van der Waals surface area contributed by atoms with Gasteiger partial charge in [-0.25, -0.2) is 0 Å². The molecular formula is C4HF9HgO3S. The van der Waals surface area contributed by atoms with E-state index in [2.05, 4.69) is 0 Å². The first-order chi connectivity index (χ1) is 7.00. The Labute approximate surface area is 114 Å². The van der Waals surface area contributed by atoms with Gasteiger partial charge >= 0.3 is 33.4 Å². The van der Waals surface area contributed by atoms with Crippen LogP contribution >= 0.6 is 0 Å². The topological polar surface area (TPSA) is 54.4 Å². The zero-order chi connectivity index (χ0) is 14.5. The first-order valence-corrected chi connectivity index (χ1v) is 4.61. The molecule has 0 amide bonds. The maximum absolute atomic E-state index is 12.2. The molecule has 0 aliphatic carbocycles. The normalized spacial score (nSPS) is 15.2. The summed E-state index contributed by atoms with van der Waals surface area (Å²) < 4.78 is 134. The van der Waals surface area contributed by atoms with E-state index in [-0.39, 0.29) is 27.7 Å². The molecule has 0 saturated carbocycles. The van der Waals surface area contributed by atoms with Gasteiger partial charge in [-0.15, -0.1) is 0 Å². The average Bonchev–Trinajstić information content (AvgIpc) is 1.98.